The highest BCUT2D eigenvalue weighted by Gasteiger charge is 2.21. The van der Waals surface area contributed by atoms with Gasteiger partial charge in [-0.3, -0.25) is 0 Å². The lowest BCUT2D eigenvalue weighted by atomic mass is 10.2. The number of hydrogen-bond acceptors (Lipinski definition) is 5. The average Bonchev–Trinajstić information content (AvgIpc) is 3.18. The van der Waals surface area contributed by atoms with Crippen molar-refractivity contribution >= 4 is 27.4 Å². The van der Waals surface area contributed by atoms with Crippen LogP contribution in [0, 0.1) is 5.92 Å². The zero-order valence-electron chi connectivity index (χ0n) is 10.4. The molecule has 0 atom stereocenters. The van der Waals surface area contributed by atoms with Crippen LogP contribution in [0.15, 0.2) is 17.2 Å². The third-order valence-corrected chi connectivity index (χ3v) is 4.76. The van der Waals surface area contributed by atoms with Crippen LogP contribution in [0.2, 0.25) is 5.02 Å². The quantitative estimate of drug-likeness (QED) is 0.403. The molecule has 0 saturated heterocycles. The van der Waals surface area contributed by atoms with Crippen LogP contribution < -0.4 is 16.0 Å². The number of halogens is 1. The third-order valence-electron chi connectivity index (χ3n) is 3.04. The van der Waals surface area contributed by atoms with Gasteiger partial charge in [-0.05, 0) is 24.8 Å². The van der Waals surface area contributed by atoms with Crippen molar-refractivity contribution in [3.05, 3.63) is 17.3 Å². The molecule has 1 aliphatic carbocycles. The summed E-state index contributed by atoms with van der Waals surface area (Å²) in [6, 6.07) is 1.33. The number of rotatable bonds is 7. The lowest BCUT2D eigenvalue weighted by Crippen LogP contribution is -2.25. The fourth-order valence-corrected chi connectivity index (χ4v) is 3.09. The molecular weight excluding hydrogens is 288 g/mol. The first-order valence-electron chi connectivity index (χ1n) is 6.15. The van der Waals surface area contributed by atoms with Crippen LogP contribution in [-0.4, -0.2) is 19.9 Å². The van der Waals surface area contributed by atoms with E-state index >= 15 is 0 Å². The molecule has 8 heteroatoms. The molecule has 1 aliphatic rings. The Morgan fingerprint density at radius 3 is 2.79 bits per heavy atom. The summed E-state index contributed by atoms with van der Waals surface area (Å²) in [6.45, 7) is 0.438. The highest BCUT2D eigenvalue weighted by atomic mass is 35.5. The summed E-state index contributed by atoms with van der Waals surface area (Å²) >= 11 is 5.85. The number of nitrogen functional groups attached to an aromatic ring is 1. The topological polar surface area (TPSA) is 97.1 Å². The summed E-state index contributed by atoms with van der Waals surface area (Å²) in [6.07, 6.45) is 5.72. The molecule has 1 saturated carbocycles. The predicted molar refractivity (Wildman–Crippen MR) is 74.2 cm³/mol. The second-order valence-corrected chi connectivity index (χ2v) is 6.80. The van der Waals surface area contributed by atoms with E-state index in [2.05, 4.69) is 15.1 Å². The standard InChI is InChI=1S/C11H17ClN4O2S/c12-10-6-9(7-14-11(10)16-13)19(17,18)15-5-1-2-8-3-4-8/h6-8,15H,1-5,13H2,(H,14,16). The Morgan fingerprint density at radius 2 is 2.21 bits per heavy atom. The van der Waals surface area contributed by atoms with Crippen molar-refractivity contribution in [2.45, 2.75) is 30.6 Å². The van der Waals surface area contributed by atoms with Gasteiger partial charge < -0.3 is 5.43 Å². The van der Waals surface area contributed by atoms with Crippen molar-refractivity contribution < 1.29 is 8.42 Å². The van der Waals surface area contributed by atoms with Gasteiger partial charge in [-0.15, -0.1) is 0 Å². The molecule has 0 spiro atoms. The lowest BCUT2D eigenvalue weighted by Gasteiger charge is -2.08. The molecule has 19 heavy (non-hydrogen) atoms. The maximum atomic E-state index is 12.0. The summed E-state index contributed by atoms with van der Waals surface area (Å²) in [4.78, 5) is 3.89. The summed E-state index contributed by atoms with van der Waals surface area (Å²) in [5.41, 5.74) is 2.29. The van der Waals surface area contributed by atoms with Crippen LogP contribution in [0.3, 0.4) is 0 Å². The van der Waals surface area contributed by atoms with Crippen molar-refractivity contribution in [1.29, 1.82) is 0 Å². The number of nitrogens with zero attached hydrogens (tertiary/aromatic N) is 1. The van der Waals surface area contributed by atoms with Gasteiger partial charge >= 0.3 is 0 Å². The van der Waals surface area contributed by atoms with Gasteiger partial charge in [0.15, 0.2) is 5.82 Å². The van der Waals surface area contributed by atoms with Gasteiger partial charge in [0.05, 0.1) is 5.02 Å². The number of nitrogens with one attached hydrogen (secondary N) is 2. The number of hydrazine groups is 1. The molecule has 0 radical (unpaired) electrons. The first kappa shape index (κ1) is 14.5. The van der Waals surface area contributed by atoms with E-state index in [0.717, 1.165) is 18.8 Å². The Labute approximate surface area is 117 Å². The van der Waals surface area contributed by atoms with Gasteiger partial charge in [0, 0.05) is 12.7 Å². The Balaban J connectivity index is 1.95. The average molecular weight is 305 g/mol. The van der Waals surface area contributed by atoms with Crippen molar-refractivity contribution in [3.8, 4) is 0 Å². The fourth-order valence-electron chi connectivity index (χ4n) is 1.76. The monoisotopic (exact) mass is 304 g/mol. The third kappa shape index (κ3) is 4.04. The Morgan fingerprint density at radius 1 is 1.47 bits per heavy atom. The molecule has 2 rings (SSSR count). The van der Waals surface area contributed by atoms with Gasteiger partial charge in [-0.1, -0.05) is 24.4 Å². The number of anilines is 1. The molecular formula is C11H17ClN4O2S. The van der Waals surface area contributed by atoms with E-state index in [9.17, 15) is 8.42 Å². The van der Waals surface area contributed by atoms with E-state index in [1.165, 1.54) is 25.1 Å². The maximum Gasteiger partial charge on any atom is 0.242 e. The largest absolute Gasteiger partial charge is 0.307 e. The van der Waals surface area contributed by atoms with E-state index in [1.54, 1.807) is 0 Å². The molecule has 0 bridgehead atoms. The molecule has 0 amide bonds. The first-order valence-corrected chi connectivity index (χ1v) is 8.01. The van der Waals surface area contributed by atoms with Crippen molar-refractivity contribution in [3.63, 3.8) is 0 Å². The number of sulfonamides is 1. The summed E-state index contributed by atoms with van der Waals surface area (Å²) in [7, 11) is -3.55. The molecule has 1 fully saturated rings. The zero-order chi connectivity index (χ0) is 13.9. The minimum Gasteiger partial charge on any atom is -0.307 e. The van der Waals surface area contributed by atoms with Crippen LogP contribution in [0.25, 0.3) is 0 Å². The van der Waals surface area contributed by atoms with Gasteiger partial charge in [-0.25, -0.2) is 24.0 Å². The van der Waals surface area contributed by atoms with E-state index < -0.39 is 10.0 Å². The van der Waals surface area contributed by atoms with Crippen molar-refractivity contribution in [2.24, 2.45) is 11.8 Å². The van der Waals surface area contributed by atoms with E-state index in [1.807, 2.05) is 0 Å². The normalized spacial score (nSPS) is 15.5. The molecule has 6 nitrogen and oxygen atoms in total. The summed E-state index contributed by atoms with van der Waals surface area (Å²) < 4.78 is 26.5. The Bertz CT molecular complexity index is 546. The first-order chi connectivity index (χ1) is 9.03. The number of pyridine rings is 1. The minimum absolute atomic E-state index is 0.0444. The highest BCUT2D eigenvalue weighted by molar-refractivity contribution is 7.89. The molecule has 0 aromatic carbocycles. The molecule has 0 aliphatic heterocycles. The van der Waals surface area contributed by atoms with Crippen molar-refractivity contribution in [2.75, 3.05) is 12.0 Å². The minimum atomic E-state index is -3.55. The highest BCUT2D eigenvalue weighted by Crippen LogP contribution is 2.33. The summed E-state index contributed by atoms with van der Waals surface area (Å²) in [5.74, 6) is 6.23. The number of hydrogen-bond donors (Lipinski definition) is 3. The van der Waals surface area contributed by atoms with Crippen LogP contribution in [0.5, 0.6) is 0 Å². The van der Waals surface area contributed by atoms with E-state index in [-0.39, 0.29) is 15.7 Å². The van der Waals surface area contributed by atoms with E-state index in [4.69, 9.17) is 17.4 Å². The van der Waals surface area contributed by atoms with Crippen LogP contribution >= 0.6 is 11.6 Å². The summed E-state index contributed by atoms with van der Waals surface area (Å²) in [5, 5.41) is 0.170. The molecule has 4 N–H and O–H groups in total. The number of aromatic nitrogens is 1. The van der Waals surface area contributed by atoms with Gasteiger partial charge in [0.25, 0.3) is 0 Å². The van der Waals surface area contributed by atoms with Gasteiger partial charge in [0.2, 0.25) is 10.0 Å². The molecule has 1 heterocycles. The van der Waals surface area contributed by atoms with Crippen LogP contribution in [-0.2, 0) is 10.0 Å². The molecule has 1 aromatic heterocycles. The van der Waals surface area contributed by atoms with Crippen LogP contribution in [0.1, 0.15) is 25.7 Å². The molecule has 1 aromatic rings. The van der Waals surface area contributed by atoms with Crippen LogP contribution in [0.4, 0.5) is 5.82 Å². The van der Waals surface area contributed by atoms with E-state index in [0.29, 0.717) is 6.54 Å². The number of nitrogens with two attached hydrogens (primary N) is 1. The maximum absolute atomic E-state index is 12.0. The second-order valence-electron chi connectivity index (χ2n) is 4.63. The van der Waals surface area contributed by atoms with Crippen molar-refractivity contribution in [1.82, 2.24) is 9.71 Å². The smallest absolute Gasteiger partial charge is 0.242 e. The fraction of sp³-hybridized carbons (Fsp3) is 0.545. The van der Waals surface area contributed by atoms with Gasteiger partial charge in [-0.2, -0.15) is 0 Å². The molecule has 106 valence electrons. The SMILES string of the molecule is NNc1ncc(S(=O)(=O)NCCCC2CC2)cc1Cl. The Hall–Kier alpha value is -0.890. The Kier molecular flexibility index (Phi) is 4.62. The molecule has 0 unspecified atom stereocenters. The second kappa shape index (κ2) is 6.04. The zero-order valence-corrected chi connectivity index (χ0v) is 12.0. The predicted octanol–water partition coefficient (Wildman–Crippen LogP) is 1.49. The van der Waals surface area contributed by atoms with Gasteiger partial charge in [0.1, 0.15) is 4.90 Å². The lowest BCUT2D eigenvalue weighted by molar-refractivity contribution is 0.572.